The second-order valence-corrected chi connectivity index (χ2v) is 7.54. The summed E-state index contributed by atoms with van der Waals surface area (Å²) in [6.45, 7) is 0. The minimum atomic E-state index is 1.28. The molecule has 0 radical (unpaired) electrons. The van der Waals surface area contributed by atoms with Crippen LogP contribution in [0.15, 0.2) is 28.9 Å². The van der Waals surface area contributed by atoms with Crippen LogP contribution in [-0.2, 0) is 0 Å². The average Bonchev–Trinajstić information content (AvgIpc) is 2.75. The molecule has 0 aromatic carbocycles. The summed E-state index contributed by atoms with van der Waals surface area (Å²) >= 11 is 11.4. The van der Waals surface area contributed by atoms with Gasteiger partial charge in [0.05, 0.1) is 12.7 Å². The Bertz CT molecular complexity index is 266. The Morgan fingerprint density at radius 3 is 2.42 bits per heavy atom. The molecule has 0 saturated carbocycles. The van der Waals surface area contributed by atoms with E-state index in [1.165, 1.54) is 23.5 Å². The van der Waals surface area contributed by atoms with Gasteiger partial charge in [-0.2, -0.15) is 0 Å². The topological polar surface area (TPSA) is 0 Å². The van der Waals surface area contributed by atoms with Gasteiger partial charge in [-0.05, 0) is 16.2 Å². The van der Waals surface area contributed by atoms with Gasteiger partial charge in [-0.15, -0.1) is 11.7 Å². The van der Waals surface area contributed by atoms with Gasteiger partial charge in [-0.1, -0.05) is 57.8 Å². The maximum Gasteiger partial charge on any atom is 0.0705 e. The first-order chi connectivity index (χ1) is 5.90. The fourth-order valence-electron chi connectivity index (χ4n) is 0.674. The zero-order chi connectivity index (χ0) is 8.39. The van der Waals surface area contributed by atoms with Crippen LogP contribution in [0.25, 0.3) is 0 Å². The summed E-state index contributed by atoms with van der Waals surface area (Å²) in [6.07, 6.45) is 0. The first kappa shape index (κ1) is 9.86. The quantitative estimate of drug-likeness (QED) is 0.528. The summed E-state index contributed by atoms with van der Waals surface area (Å²) in [5.74, 6) is 0. The largest absolute Gasteiger partial charge is 0.106 e. The molecule has 0 aromatic heterocycles. The van der Waals surface area contributed by atoms with Crippen LogP contribution in [0.1, 0.15) is 0 Å². The second-order valence-electron chi connectivity index (χ2n) is 1.83. The van der Waals surface area contributed by atoms with Crippen molar-refractivity contribution < 1.29 is 0 Å². The van der Waals surface area contributed by atoms with Gasteiger partial charge in [-0.3, -0.25) is 0 Å². The summed E-state index contributed by atoms with van der Waals surface area (Å²) in [5.41, 5.74) is 0. The van der Waals surface area contributed by atoms with E-state index in [4.69, 9.17) is 0 Å². The van der Waals surface area contributed by atoms with Gasteiger partial charge in [0.25, 0.3) is 0 Å². The molecule has 2 aliphatic heterocycles. The molecule has 0 N–H and O–H groups in total. The van der Waals surface area contributed by atoms with Gasteiger partial charge < -0.3 is 0 Å². The van der Waals surface area contributed by atoms with Crippen molar-refractivity contribution in [3.05, 3.63) is 28.9 Å². The third-order valence-corrected chi connectivity index (χ3v) is 7.84. The highest BCUT2D eigenvalue weighted by molar-refractivity contribution is 8.73. The maximum absolute atomic E-state index is 4.16. The van der Waals surface area contributed by atoms with Crippen molar-refractivity contribution in [2.24, 2.45) is 0 Å². The van der Waals surface area contributed by atoms with Gasteiger partial charge in [0, 0.05) is 0 Å². The van der Waals surface area contributed by atoms with E-state index in [-0.39, 0.29) is 0 Å². The van der Waals surface area contributed by atoms with Crippen molar-refractivity contribution >= 4 is 69.5 Å². The molecule has 2 heterocycles. The lowest BCUT2D eigenvalue weighted by molar-refractivity contribution is 2.38. The maximum atomic E-state index is 4.16. The Morgan fingerprint density at radius 2 is 1.83 bits per heavy atom. The molecule has 2 rings (SSSR count). The molecular formula is C6H4S6. The zero-order valence-electron chi connectivity index (χ0n) is 5.72. The van der Waals surface area contributed by atoms with Crippen molar-refractivity contribution in [1.82, 2.24) is 0 Å². The van der Waals surface area contributed by atoms with E-state index < -0.39 is 0 Å². The van der Waals surface area contributed by atoms with Crippen LogP contribution < -0.4 is 0 Å². The van der Waals surface area contributed by atoms with E-state index >= 15 is 0 Å². The highest BCUT2D eigenvalue weighted by Gasteiger charge is 2.17. The molecule has 0 amide bonds. The monoisotopic (exact) mass is 268 g/mol. The molecule has 64 valence electrons. The average molecular weight is 268 g/mol. The van der Waals surface area contributed by atoms with Gasteiger partial charge in [0.2, 0.25) is 0 Å². The Hall–Kier alpha value is 1.32. The van der Waals surface area contributed by atoms with E-state index in [1.54, 1.807) is 35.3 Å². The normalized spacial score (nSPS) is 22.2. The summed E-state index contributed by atoms with van der Waals surface area (Å²) in [5, 5.41) is 6.41. The molecule has 6 heteroatoms. The smallest absolute Gasteiger partial charge is 0.0705 e. The SMILES string of the molecule is SSC1=CSC(=C2SC=CS2)S1. The molecule has 2 aliphatic rings. The number of hydrogen-bond acceptors (Lipinski definition) is 6. The van der Waals surface area contributed by atoms with Gasteiger partial charge in [0.1, 0.15) is 0 Å². The molecular weight excluding hydrogens is 264 g/mol. The van der Waals surface area contributed by atoms with Crippen molar-refractivity contribution in [1.29, 1.82) is 0 Å². The summed E-state index contributed by atoms with van der Waals surface area (Å²) in [7, 11) is 1.52. The first-order valence-corrected chi connectivity index (χ1v) is 8.31. The Morgan fingerprint density at radius 1 is 1.08 bits per heavy atom. The minimum Gasteiger partial charge on any atom is -0.106 e. The summed E-state index contributed by atoms with van der Waals surface area (Å²) < 4.78 is 4.07. The molecule has 0 unspecified atom stereocenters. The van der Waals surface area contributed by atoms with E-state index in [9.17, 15) is 0 Å². The molecule has 0 nitrogen and oxygen atoms in total. The van der Waals surface area contributed by atoms with Crippen LogP contribution in [0.3, 0.4) is 0 Å². The fraction of sp³-hybridized carbons (Fsp3) is 0. The predicted molar refractivity (Wildman–Crippen MR) is 71.2 cm³/mol. The molecule has 12 heavy (non-hydrogen) atoms. The number of rotatable bonds is 1. The third-order valence-electron chi connectivity index (χ3n) is 1.12. The van der Waals surface area contributed by atoms with Crippen molar-refractivity contribution in [3.8, 4) is 0 Å². The van der Waals surface area contributed by atoms with E-state index in [2.05, 4.69) is 27.9 Å². The number of thiol groups is 1. The van der Waals surface area contributed by atoms with Gasteiger partial charge >= 0.3 is 0 Å². The standard InChI is InChI=1S/C6H4S6/c7-12-4-3-10-6(11-4)5-8-1-2-9-5/h1-3,7H. The van der Waals surface area contributed by atoms with E-state index in [0.717, 1.165) is 0 Å². The highest BCUT2D eigenvalue weighted by atomic mass is 33.1. The molecule has 0 aromatic rings. The summed E-state index contributed by atoms with van der Waals surface area (Å²) in [6, 6.07) is 0. The van der Waals surface area contributed by atoms with Crippen LogP contribution in [0, 0.1) is 0 Å². The molecule has 0 spiro atoms. The number of hydrogen-bond donors (Lipinski definition) is 1. The van der Waals surface area contributed by atoms with Crippen LogP contribution in [0.4, 0.5) is 0 Å². The zero-order valence-corrected chi connectivity index (χ0v) is 10.7. The first-order valence-electron chi connectivity index (χ1n) is 2.99. The van der Waals surface area contributed by atoms with Crippen molar-refractivity contribution in [2.75, 3.05) is 0 Å². The van der Waals surface area contributed by atoms with Crippen LogP contribution in [0.2, 0.25) is 0 Å². The molecule has 0 saturated heterocycles. The summed E-state index contributed by atoms with van der Waals surface area (Å²) in [4.78, 5) is 0. The van der Waals surface area contributed by atoms with E-state index in [0.29, 0.717) is 0 Å². The van der Waals surface area contributed by atoms with Gasteiger partial charge in [-0.25, -0.2) is 0 Å². The molecule has 0 aliphatic carbocycles. The lowest BCUT2D eigenvalue weighted by Crippen LogP contribution is -1.64. The molecule has 0 fully saturated rings. The van der Waals surface area contributed by atoms with Crippen molar-refractivity contribution in [2.45, 2.75) is 0 Å². The van der Waals surface area contributed by atoms with Crippen LogP contribution >= 0.6 is 69.5 Å². The fourth-order valence-corrected chi connectivity index (χ4v) is 6.33. The van der Waals surface area contributed by atoms with Gasteiger partial charge in [0.15, 0.2) is 0 Å². The Labute approximate surface area is 97.7 Å². The minimum absolute atomic E-state index is 1.28. The predicted octanol–water partition coefficient (Wildman–Crippen LogP) is 4.92. The highest BCUT2D eigenvalue weighted by Crippen LogP contribution is 2.55. The van der Waals surface area contributed by atoms with E-state index in [1.807, 2.05) is 11.8 Å². The Kier molecular flexibility index (Phi) is 3.86. The Balaban J connectivity index is 2.06. The third kappa shape index (κ3) is 2.22. The van der Waals surface area contributed by atoms with Crippen LogP contribution in [0.5, 0.6) is 0 Å². The molecule has 0 atom stereocenters. The molecule has 0 bridgehead atoms. The number of thioether (sulfide) groups is 4. The van der Waals surface area contributed by atoms with Crippen molar-refractivity contribution in [3.63, 3.8) is 0 Å². The van der Waals surface area contributed by atoms with Crippen LogP contribution in [-0.4, -0.2) is 0 Å². The lowest BCUT2D eigenvalue weighted by Gasteiger charge is -1.99. The second kappa shape index (κ2) is 4.70. The lowest BCUT2D eigenvalue weighted by atomic mass is 11.2.